The van der Waals surface area contributed by atoms with Gasteiger partial charge in [0, 0.05) is 6.04 Å². The highest BCUT2D eigenvalue weighted by Crippen LogP contribution is 2.29. The summed E-state index contributed by atoms with van der Waals surface area (Å²) in [7, 11) is 1.39. The Hall–Kier alpha value is -0.730. The van der Waals surface area contributed by atoms with Crippen LogP contribution in [0.3, 0.4) is 0 Å². The minimum Gasteiger partial charge on any atom is -0.453 e. The van der Waals surface area contributed by atoms with Gasteiger partial charge in [-0.2, -0.15) is 0 Å². The Morgan fingerprint density at radius 2 is 2.27 bits per heavy atom. The average Bonchev–Trinajstić information content (AvgIpc) is 1.95. The molecule has 1 aliphatic rings. The molecule has 11 heavy (non-hydrogen) atoms. The van der Waals surface area contributed by atoms with Gasteiger partial charge in [-0.25, -0.2) is 4.79 Å². The predicted octanol–water partition coefficient (Wildman–Crippen LogP) is 1.53. The molecule has 0 aliphatic heterocycles. The number of amides is 1. The number of nitrogens with one attached hydrogen (secondary N) is 1. The van der Waals surface area contributed by atoms with Crippen LogP contribution in [0.1, 0.15) is 26.2 Å². The zero-order valence-corrected chi connectivity index (χ0v) is 7.09. The van der Waals surface area contributed by atoms with Crippen molar-refractivity contribution in [3.8, 4) is 0 Å². The number of hydrogen-bond acceptors (Lipinski definition) is 2. The fourth-order valence-corrected chi connectivity index (χ4v) is 1.41. The molecule has 64 valence electrons. The summed E-state index contributed by atoms with van der Waals surface area (Å²) >= 11 is 0. The Morgan fingerprint density at radius 1 is 1.64 bits per heavy atom. The van der Waals surface area contributed by atoms with E-state index in [-0.39, 0.29) is 6.09 Å². The summed E-state index contributed by atoms with van der Waals surface area (Å²) in [5.41, 5.74) is 0. The molecule has 0 atom stereocenters. The quantitative estimate of drug-likeness (QED) is 0.660. The lowest BCUT2D eigenvalue weighted by Gasteiger charge is -2.34. The van der Waals surface area contributed by atoms with E-state index in [4.69, 9.17) is 0 Å². The second-order valence-corrected chi connectivity index (χ2v) is 3.08. The minimum absolute atomic E-state index is 0.301. The number of ether oxygens (including phenoxy) is 1. The van der Waals surface area contributed by atoms with Crippen molar-refractivity contribution in [3.05, 3.63) is 0 Å². The van der Waals surface area contributed by atoms with E-state index in [1.807, 2.05) is 0 Å². The van der Waals surface area contributed by atoms with Gasteiger partial charge in [-0.15, -0.1) is 0 Å². The van der Waals surface area contributed by atoms with Gasteiger partial charge in [-0.1, -0.05) is 13.3 Å². The zero-order valence-electron chi connectivity index (χ0n) is 7.09. The molecule has 0 radical (unpaired) electrons. The maximum atomic E-state index is 10.7. The van der Waals surface area contributed by atoms with Crippen molar-refractivity contribution in [3.63, 3.8) is 0 Å². The van der Waals surface area contributed by atoms with Crippen LogP contribution in [0.4, 0.5) is 4.79 Å². The van der Waals surface area contributed by atoms with E-state index in [9.17, 15) is 4.79 Å². The molecule has 1 aliphatic carbocycles. The van der Waals surface area contributed by atoms with Gasteiger partial charge < -0.3 is 10.1 Å². The summed E-state index contributed by atoms with van der Waals surface area (Å²) in [6, 6.07) is 0.368. The lowest BCUT2D eigenvalue weighted by atomic mass is 9.79. The molecule has 1 rings (SSSR count). The highest BCUT2D eigenvalue weighted by Gasteiger charge is 2.28. The monoisotopic (exact) mass is 157 g/mol. The molecule has 0 aromatic carbocycles. The van der Waals surface area contributed by atoms with Gasteiger partial charge in [-0.05, 0) is 18.8 Å². The Bertz CT molecular complexity index is 141. The van der Waals surface area contributed by atoms with E-state index >= 15 is 0 Å². The molecule has 0 aromatic rings. The van der Waals surface area contributed by atoms with Gasteiger partial charge in [0.15, 0.2) is 0 Å². The molecular weight excluding hydrogens is 142 g/mol. The van der Waals surface area contributed by atoms with E-state index in [0.29, 0.717) is 6.04 Å². The molecule has 0 aromatic heterocycles. The SMILES string of the molecule is CCC1CC(NC(=O)OC)C1. The standard InChI is InChI=1S/C8H15NO2/c1-3-6-4-7(5-6)9-8(10)11-2/h6-7H,3-5H2,1-2H3,(H,9,10). The summed E-state index contributed by atoms with van der Waals surface area (Å²) in [6.07, 6.45) is 3.15. The first-order valence-corrected chi connectivity index (χ1v) is 4.10. The lowest BCUT2D eigenvalue weighted by Crippen LogP contribution is -2.43. The third-order valence-corrected chi connectivity index (χ3v) is 2.32. The van der Waals surface area contributed by atoms with E-state index < -0.39 is 0 Å². The minimum atomic E-state index is -0.301. The van der Waals surface area contributed by atoms with Crippen molar-refractivity contribution >= 4 is 6.09 Å². The van der Waals surface area contributed by atoms with Crippen LogP contribution < -0.4 is 5.32 Å². The van der Waals surface area contributed by atoms with Crippen molar-refractivity contribution < 1.29 is 9.53 Å². The summed E-state index contributed by atoms with van der Waals surface area (Å²) in [6.45, 7) is 2.18. The number of hydrogen-bond donors (Lipinski definition) is 1. The molecule has 0 bridgehead atoms. The largest absolute Gasteiger partial charge is 0.453 e. The first-order valence-electron chi connectivity index (χ1n) is 4.10. The van der Waals surface area contributed by atoms with E-state index in [1.54, 1.807) is 0 Å². The van der Waals surface area contributed by atoms with E-state index in [1.165, 1.54) is 13.5 Å². The predicted molar refractivity (Wildman–Crippen MR) is 42.3 cm³/mol. The average molecular weight is 157 g/mol. The van der Waals surface area contributed by atoms with Gasteiger partial charge in [0.25, 0.3) is 0 Å². The Labute approximate surface area is 67.1 Å². The van der Waals surface area contributed by atoms with Crippen LogP contribution in [0.25, 0.3) is 0 Å². The van der Waals surface area contributed by atoms with Crippen molar-refractivity contribution in [2.75, 3.05) is 7.11 Å². The van der Waals surface area contributed by atoms with Crippen LogP contribution >= 0.6 is 0 Å². The molecule has 0 unspecified atom stereocenters. The van der Waals surface area contributed by atoms with Crippen molar-refractivity contribution in [1.82, 2.24) is 5.32 Å². The third kappa shape index (κ3) is 2.10. The summed E-state index contributed by atoms with van der Waals surface area (Å²) in [4.78, 5) is 10.7. The maximum Gasteiger partial charge on any atom is 0.407 e. The van der Waals surface area contributed by atoms with Crippen molar-refractivity contribution in [2.24, 2.45) is 5.92 Å². The number of rotatable bonds is 2. The maximum absolute atomic E-state index is 10.7. The number of alkyl carbamates (subject to hydrolysis) is 1. The number of carbonyl (C=O) groups excluding carboxylic acids is 1. The molecule has 0 heterocycles. The fourth-order valence-electron chi connectivity index (χ4n) is 1.41. The van der Waals surface area contributed by atoms with Crippen molar-refractivity contribution in [1.29, 1.82) is 0 Å². The molecule has 1 N–H and O–H groups in total. The molecule has 3 nitrogen and oxygen atoms in total. The van der Waals surface area contributed by atoms with Crippen molar-refractivity contribution in [2.45, 2.75) is 32.2 Å². The first-order chi connectivity index (χ1) is 5.26. The molecule has 0 saturated heterocycles. The van der Waals surface area contributed by atoms with E-state index in [0.717, 1.165) is 18.8 Å². The summed E-state index contributed by atoms with van der Waals surface area (Å²) in [5, 5.41) is 2.77. The summed E-state index contributed by atoms with van der Waals surface area (Å²) < 4.78 is 4.48. The number of carbonyl (C=O) groups is 1. The van der Waals surface area contributed by atoms with Gasteiger partial charge >= 0.3 is 6.09 Å². The summed E-state index contributed by atoms with van der Waals surface area (Å²) in [5.74, 6) is 0.817. The molecule has 1 amide bonds. The Kier molecular flexibility index (Phi) is 2.74. The Balaban J connectivity index is 2.08. The second kappa shape index (κ2) is 3.60. The molecule has 1 fully saturated rings. The van der Waals surface area contributed by atoms with Crippen LogP contribution in [0.15, 0.2) is 0 Å². The topological polar surface area (TPSA) is 38.3 Å². The molecule has 3 heteroatoms. The van der Waals surface area contributed by atoms with Crippen LogP contribution in [-0.4, -0.2) is 19.2 Å². The van der Waals surface area contributed by atoms with Gasteiger partial charge in [0.05, 0.1) is 7.11 Å². The normalized spacial score (nSPS) is 28.9. The lowest BCUT2D eigenvalue weighted by molar-refractivity contribution is 0.146. The fraction of sp³-hybridized carbons (Fsp3) is 0.875. The van der Waals surface area contributed by atoms with Gasteiger partial charge in [-0.3, -0.25) is 0 Å². The zero-order chi connectivity index (χ0) is 8.27. The third-order valence-electron chi connectivity index (χ3n) is 2.32. The van der Waals surface area contributed by atoms with Crippen LogP contribution in [0, 0.1) is 5.92 Å². The van der Waals surface area contributed by atoms with Gasteiger partial charge in [0.1, 0.15) is 0 Å². The molecule has 1 saturated carbocycles. The van der Waals surface area contributed by atoms with Gasteiger partial charge in [0.2, 0.25) is 0 Å². The Morgan fingerprint density at radius 3 is 2.73 bits per heavy atom. The van der Waals surface area contributed by atoms with Crippen LogP contribution in [0.2, 0.25) is 0 Å². The molecule has 0 spiro atoms. The first kappa shape index (κ1) is 8.37. The van der Waals surface area contributed by atoms with Crippen LogP contribution in [-0.2, 0) is 4.74 Å². The highest BCUT2D eigenvalue weighted by atomic mass is 16.5. The smallest absolute Gasteiger partial charge is 0.407 e. The van der Waals surface area contributed by atoms with E-state index in [2.05, 4.69) is 17.0 Å². The molecular formula is C8H15NO2. The van der Waals surface area contributed by atoms with Crippen LogP contribution in [0.5, 0.6) is 0 Å². The number of methoxy groups -OCH3 is 1. The highest BCUT2D eigenvalue weighted by molar-refractivity contribution is 5.67. The second-order valence-electron chi connectivity index (χ2n) is 3.08.